The molecular formula is C21H22BrN3OS. The average molecular weight is 444 g/mol. The summed E-state index contributed by atoms with van der Waals surface area (Å²) in [5.41, 5.74) is 4.35. The molecule has 0 amide bonds. The first-order valence-corrected chi connectivity index (χ1v) is 10.9. The highest BCUT2D eigenvalue weighted by Gasteiger charge is 2.15. The van der Waals surface area contributed by atoms with E-state index in [1.165, 1.54) is 0 Å². The Morgan fingerprint density at radius 3 is 2.48 bits per heavy atom. The third kappa shape index (κ3) is 4.82. The third-order valence-corrected chi connectivity index (χ3v) is 5.99. The largest absolute Gasteiger partial charge is 0.379 e. The summed E-state index contributed by atoms with van der Waals surface area (Å²) in [4.78, 5) is 10.9. The number of hydrogen-bond donors (Lipinski definition) is 1. The van der Waals surface area contributed by atoms with Gasteiger partial charge in [-0.1, -0.05) is 70.2 Å². The van der Waals surface area contributed by atoms with Crippen molar-refractivity contribution in [3.63, 3.8) is 0 Å². The number of H-pyrrole nitrogens is 1. The van der Waals surface area contributed by atoms with Gasteiger partial charge in [-0.3, -0.25) is 4.90 Å². The lowest BCUT2D eigenvalue weighted by atomic mass is 10.1. The first kappa shape index (κ1) is 18.7. The van der Waals surface area contributed by atoms with Crippen LogP contribution in [0.15, 0.2) is 64.2 Å². The molecule has 27 heavy (non-hydrogen) atoms. The Morgan fingerprint density at radius 1 is 1.00 bits per heavy atom. The van der Waals surface area contributed by atoms with E-state index in [0.29, 0.717) is 0 Å². The minimum absolute atomic E-state index is 0.845. The number of nitrogens with one attached hydrogen (secondary N) is 1. The summed E-state index contributed by atoms with van der Waals surface area (Å²) in [5.74, 6) is 1.02. The molecule has 0 saturated carbocycles. The van der Waals surface area contributed by atoms with E-state index in [1.807, 2.05) is 6.07 Å². The maximum Gasteiger partial charge on any atom is 0.166 e. The molecule has 0 spiro atoms. The minimum Gasteiger partial charge on any atom is -0.379 e. The number of aromatic amines is 1. The van der Waals surface area contributed by atoms with Crippen LogP contribution in [0.2, 0.25) is 0 Å². The zero-order chi connectivity index (χ0) is 18.5. The molecule has 1 saturated heterocycles. The number of hydrogen-bond acceptors (Lipinski definition) is 4. The van der Waals surface area contributed by atoms with Crippen molar-refractivity contribution in [3.8, 4) is 22.5 Å². The number of imidazole rings is 1. The van der Waals surface area contributed by atoms with Crippen LogP contribution >= 0.6 is 27.7 Å². The van der Waals surface area contributed by atoms with E-state index in [4.69, 9.17) is 9.72 Å². The van der Waals surface area contributed by atoms with Gasteiger partial charge in [0.1, 0.15) is 0 Å². The van der Waals surface area contributed by atoms with E-state index < -0.39 is 0 Å². The molecule has 1 aliphatic rings. The number of halogens is 1. The SMILES string of the molecule is Brc1ccc(-c2[nH]c(SCCN3CCOCC3)nc2-c2ccccc2)cc1. The number of thioether (sulfide) groups is 1. The second-order valence-corrected chi connectivity index (χ2v) is 8.44. The van der Waals surface area contributed by atoms with Crippen LogP contribution in [0.1, 0.15) is 0 Å². The van der Waals surface area contributed by atoms with Gasteiger partial charge >= 0.3 is 0 Å². The van der Waals surface area contributed by atoms with E-state index in [1.54, 1.807) is 11.8 Å². The summed E-state index contributed by atoms with van der Waals surface area (Å²) in [6.45, 7) is 4.80. The van der Waals surface area contributed by atoms with Crippen LogP contribution in [0.5, 0.6) is 0 Å². The summed E-state index contributed by atoms with van der Waals surface area (Å²) >= 11 is 5.30. The fourth-order valence-electron chi connectivity index (χ4n) is 3.15. The van der Waals surface area contributed by atoms with Crippen LogP contribution in [0.3, 0.4) is 0 Å². The van der Waals surface area contributed by atoms with Crippen LogP contribution in [0.4, 0.5) is 0 Å². The molecule has 6 heteroatoms. The number of rotatable bonds is 6. The van der Waals surface area contributed by atoms with E-state index in [2.05, 4.69) is 74.3 Å². The Morgan fingerprint density at radius 2 is 1.74 bits per heavy atom. The summed E-state index contributed by atoms with van der Waals surface area (Å²) < 4.78 is 6.50. The summed E-state index contributed by atoms with van der Waals surface area (Å²) in [5, 5.41) is 0.972. The van der Waals surface area contributed by atoms with Gasteiger partial charge in [-0.25, -0.2) is 4.98 Å². The molecule has 0 atom stereocenters. The average Bonchev–Trinajstić information content (AvgIpc) is 3.14. The predicted octanol–water partition coefficient (Wildman–Crippen LogP) is 4.93. The van der Waals surface area contributed by atoms with Crippen molar-refractivity contribution in [2.75, 3.05) is 38.6 Å². The smallest absolute Gasteiger partial charge is 0.166 e. The first-order valence-electron chi connectivity index (χ1n) is 9.14. The standard InChI is InChI=1S/C21H22BrN3OS/c22-18-8-6-17(7-9-18)20-19(16-4-2-1-3-5-16)23-21(24-20)27-15-12-25-10-13-26-14-11-25/h1-9H,10-15H2,(H,23,24). The molecule has 1 fully saturated rings. The number of ether oxygens (including phenoxy) is 1. The van der Waals surface area contributed by atoms with Gasteiger partial charge in [0.25, 0.3) is 0 Å². The lowest BCUT2D eigenvalue weighted by Gasteiger charge is -2.26. The maximum absolute atomic E-state index is 5.42. The summed E-state index contributed by atoms with van der Waals surface area (Å²) in [6.07, 6.45) is 0. The van der Waals surface area contributed by atoms with E-state index in [-0.39, 0.29) is 0 Å². The normalized spacial score (nSPS) is 15.1. The quantitative estimate of drug-likeness (QED) is 0.548. The van der Waals surface area contributed by atoms with Gasteiger partial charge in [0, 0.05) is 41.0 Å². The first-order chi connectivity index (χ1) is 13.3. The van der Waals surface area contributed by atoms with Crippen molar-refractivity contribution in [1.29, 1.82) is 0 Å². The molecule has 4 rings (SSSR count). The lowest BCUT2D eigenvalue weighted by molar-refractivity contribution is 0.0410. The molecule has 1 aromatic heterocycles. The molecule has 3 aromatic rings. The van der Waals surface area contributed by atoms with Crippen molar-refractivity contribution >= 4 is 27.7 Å². The third-order valence-electron chi connectivity index (χ3n) is 4.61. The number of benzene rings is 2. The van der Waals surface area contributed by atoms with E-state index in [0.717, 1.165) is 70.7 Å². The van der Waals surface area contributed by atoms with Gasteiger partial charge in [-0.15, -0.1) is 0 Å². The zero-order valence-corrected chi connectivity index (χ0v) is 17.4. The molecule has 0 unspecified atom stereocenters. The predicted molar refractivity (Wildman–Crippen MR) is 115 cm³/mol. The number of nitrogens with zero attached hydrogens (tertiary/aromatic N) is 2. The molecule has 0 radical (unpaired) electrons. The van der Waals surface area contributed by atoms with Gasteiger partial charge in [0.15, 0.2) is 5.16 Å². The molecule has 1 aliphatic heterocycles. The molecule has 1 N–H and O–H groups in total. The lowest BCUT2D eigenvalue weighted by Crippen LogP contribution is -2.37. The highest BCUT2D eigenvalue weighted by atomic mass is 79.9. The number of aromatic nitrogens is 2. The van der Waals surface area contributed by atoms with Crippen molar-refractivity contribution < 1.29 is 4.74 Å². The Hall–Kier alpha value is -1.60. The fourth-order valence-corrected chi connectivity index (χ4v) is 4.28. The minimum atomic E-state index is 0.845. The maximum atomic E-state index is 5.42. The molecule has 4 nitrogen and oxygen atoms in total. The molecule has 2 heterocycles. The van der Waals surface area contributed by atoms with Crippen molar-refractivity contribution in [1.82, 2.24) is 14.9 Å². The summed E-state index contributed by atoms with van der Waals surface area (Å²) in [7, 11) is 0. The van der Waals surface area contributed by atoms with Gasteiger partial charge in [0.2, 0.25) is 0 Å². The Balaban J connectivity index is 1.54. The van der Waals surface area contributed by atoms with Crippen LogP contribution in [-0.4, -0.2) is 53.5 Å². The van der Waals surface area contributed by atoms with Crippen LogP contribution in [0, 0.1) is 0 Å². The molecular weight excluding hydrogens is 422 g/mol. The van der Waals surface area contributed by atoms with Crippen LogP contribution in [-0.2, 0) is 4.74 Å². The Bertz CT molecular complexity index is 861. The van der Waals surface area contributed by atoms with Crippen molar-refractivity contribution in [3.05, 3.63) is 59.1 Å². The van der Waals surface area contributed by atoms with Gasteiger partial charge in [-0.05, 0) is 12.1 Å². The highest BCUT2D eigenvalue weighted by molar-refractivity contribution is 9.10. The Labute approximate surface area is 172 Å². The number of morpholine rings is 1. The van der Waals surface area contributed by atoms with Crippen LogP contribution < -0.4 is 0 Å². The fraction of sp³-hybridized carbons (Fsp3) is 0.286. The second-order valence-electron chi connectivity index (χ2n) is 6.44. The second kappa shape index (κ2) is 9.06. The Kier molecular flexibility index (Phi) is 6.29. The van der Waals surface area contributed by atoms with Gasteiger partial charge in [0.05, 0.1) is 24.6 Å². The van der Waals surface area contributed by atoms with Crippen LogP contribution in [0.25, 0.3) is 22.5 Å². The van der Waals surface area contributed by atoms with Crippen molar-refractivity contribution in [2.24, 2.45) is 0 Å². The zero-order valence-electron chi connectivity index (χ0n) is 15.0. The van der Waals surface area contributed by atoms with Crippen molar-refractivity contribution in [2.45, 2.75) is 5.16 Å². The highest BCUT2D eigenvalue weighted by Crippen LogP contribution is 2.33. The monoisotopic (exact) mass is 443 g/mol. The van der Waals surface area contributed by atoms with Gasteiger partial charge in [-0.2, -0.15) is 0 Å². The van der Waals surface area contributed by atoms with Gasteiger partial charge < -0.3 is 9.72 Å². The van der Waals surface area contributed by atoms with E-state index >= 15 is 0 Å². The molecule has 2 aromatic carbocycles. The molecule has 0 bridgehead atoms. The van der Waals surface area contributed by atoms with E-state index in [9.17, 15) is 0 Å². The molecule has 0 aliphatic carbocycles. The summed E-state index contributed by atoms with van der Waals surface area (Å²) in [6, 6.07) is 18.7. The molecule has 140 valence electrons. The topological polar surface area (TPSA) is 41.2 Å².